The molecule has 1 aromatic heterocycles. The quantitative estimate of drug-likeness (QED) is 0.279. The van der Waals surface area contributed by atoms with Crippen molar-refractivity contribution in [1.29, 1.82) is 0 Å². The van der Waals surface area contributed by atoms with Gasteiger partial charge in [0.1, 0.15) is 52.6 Å². The third-order valence-electron chi connectivity index (χ3n) is 5.13. The van der Waals surface area contributed by atoms with E-state index in [9.17, 15) is 40.5 Å². The van der Waals surface area contributed by atoms with E-state index in [0.717, 1.165) is 18.2 Å². The maximum absolute atomic E-state index is 12.4. The second-order valence-electron chi connectivity index (χ2n) is 7.31. The summed E-state index contributed by atoms with van der Waals surface area (Å²) in [6.07, 6.45) is -7.54. The molecule has 1 saturated heterocycles. The van der Waals surface area contributed by atoms with E-state index in [4.69, 9.17) is 13.9 Å². The number of phenols is 3. The molecule has 7 N–H and O–H groups in total. The van der Waals surface area contributed by atoms with Crippen LogP contribution in [0.25, 0.3) is 22.3 Å². The Morgan fingerprint density at radius 3 is 2.34 bits per heavy atom. The Morgan fingerprint density at radius 2 is 1.66 bits per heavy atom. The van der Waals surface area contributed by atoms with E-state index in [-0.39, 0.29) is 33.8 Å². The van der Waals surface area contributed by atoms with Crippen LogP contribution < -0.4 is 10.2 Å². The summed E-state index contributed by atoms with van der Waals surface area (Å²) in [7, 11) is 0. The smallest absolute Gasteiger partial charge is 0.229 e. The van der Waals surface area contributed by atoms with Gasteiger partial charge >= 0.3 is 0 Å². The molecule has 1 fully saturated rings. The second kappa shape index (κ2) is 8.30. The maximum atomic E-state index is 12.4. The van der Waals surface area contributed by atoms with Crippen LogP contribution in [0.3, 0.4) is 0 Å². The second-order valence-corrected chi connectivity index (χ2v) is 7.31. The molecule has 4 rings (SSSR count). The molecule has 0 saturated carbocycles. The molecule has 1 aliphatic rings. The molecule has 11 nitrogen and oxygen atoms in total. The van der Waals surface area contributed by atoms with E-state index in [1.165, 1.54) is 18.2 Å². The van der Waals surface area contributed by atoms with Gasteiger partial charge in [-0.15, -0.1) is 0 Å². The third kappa shape index (κ3) is 3.83. The van der Waals surface area contributed by atoms with Crippen molar-refractivity contribution in [3.8, 4) is 34.3 Å². The largest absolute Gasteiger partial charge is 0.508 e. The number of rotatable bonds is 4. The van der Waals surface area contributed by atoms with Crippen LogP contribution in [-0.4, -0.2) is 73.1 Å². The van der Waals surface area contributed by atoms with Crippen molar-refractivity contribution < 1.29 is 49.6 Å². The lowest BCUT2D eigenvalue weighted by molar-refractivity contribution is -0.277. The molecular formula is C21H20O11. The molecule has 3 aromatic rings. The lowest BCUT2D eigenvalue weighted by Crippen LogP contribution is -2.60. The summed E-state index contributed by atoms with van der Waals surface area (Å²) >= 11 is 0. The summed E-state index contributed by atoms with van der Waals surface area (Å²) in [4.78, 5) is 12.4. The van der Waals surface area contributed by atoms with Crippen LogP contribution in [0.4, 0.5) is 0 Å². The highest BCUT2D eigenvalue weighted by Gasteiger charge is 2.44. The van der Waals surface area contributed by atoms with Gasteiger partial charge in [-0.1, -0.05) is 0 Å². The monoisotopic (exact) mass is 448 g/mol. The number of benzene rings is 2. The SMILES string of the molecule is O=c1cc(-c2ccc(O[C@@H]3O[C@@H](CO)[C@@H](O)[C@@H](O)[C@@H]3O)c(O)c2)oc2cc(O)cc(O)c12. The molecule has 0 radical (unpaired) electrons. The van der Waals surface area contributed by atoms with Gasteiger partial charge < -0.3 is 49.6 Å². The lowest BCUT2D eigenvalue weighted by atomic mass is 9.99. The zero-order chi connectivity index (χ0) is 23.2. The molecule has 2 heterocycles. The molecule has 0 bridgehead atoms. The molecule has 11 heteroatoms. The highest BCUT2D eigenvalue weighted by molar-refractivity contribution is 5.86. The summed E-state index contributed by atoms with van der Waals surface area (Å²) < 4.78 is 16.2. The van der Waals surface area contributed by atoms with Gasteiger partial charge in [-0.05, 0) is 18.2 Å². The first-order valence-corrected chi connectivity index (χ1v) is 9.50. The molecule has 0 amide bonds. The van der Waals surface area contributed by atoms with E-state index in [0.29, 0.717) is 0 Å². The fraction of sp³-hybridized carbons (Fsp3) is 0.286. The number of aliphatic hydroxyl groups is 4. The molecular weight excluding hydrogens is 428 g/mol. The number of aromatic hydroxyl groups is 3. The Kier molecular flexibility index (Phi) is 5.67. The van der Waals surface area contributed by atoms with Crippen molar-refractivity contribution in [2.24, 2.45) is 0 Å². The molecule has 170 valence electrons. The first-order chi connectivity index (χ1) is 15.2. The van der Waals surface area contributed by atoms with E-state index in [2.05, 4.69) is 0 Å². The minimum atomic E-state index is -1.66. The zero-order valence-electron chi connectivity index (χ0n) is 16.3. The molecule has 2 aromatic carbocycles. The Hall–Kier alpha value is -3.35. The maximum Gasteiger partial charge on any atom is 0.229 e. The van der Waals surface area contributed by atoms with E-state index < -0.39 is 54.2 Å². The van der Waals surface area contributed by atoms with Crippen molar-refractivity contribution in [2.75, 3.05) is 6.61 Å². The third-order valence-corrected chi connectivity index (χ3v) is 5.13. The molecule has 1 aliphatic heterocycles. The fourth-order valence-corrected chi connectivity index (χ4v) is 3.46. The number of hydrogen-bond acceptors (Lipinski definition) is 11. The van der Waals surface area contributed by atoms with Crippen molar-refractivity contribution in [3.05, 3.63) is 46.6 Å². The van der Waals surface area contributed by atoms with Crippen LogP contribution in [0.1, 0.15) is 0 Å². The summed E-state index contributed by atoms with van der Waals surface area (Å²) in [6, 6.07) is 7.19. The van der Waals surface area contributed by atoms with E-state index in [1.54, 1.807) is 0 Å². The molecule has 0 spiro atoms. The number of ether oxygens (including phenoxy) is 2. The number of aliphatic hydroxyl groups excluding tert-OH is 4. The highest BCUT2D eigenvalue weighted by atomic mass is 16.7. The number of fused-ring (bicyclic) bond motifs is 1. The standard InChI is InChI=1S/C21H20O11/c22-7-16-18(27)19(28)20(29)21(32-16)31-13-2-1-8(3-10(13)24)14-6-12(26)17-11(25)4-9(23)5-15(17)30-14/h1-6,16,18-25,27-29H,7H2/t16-,18+,19+,20-,21+/m0/s1. The van der Waals surface area contributed by atoms with Gasteiger partial charge in [0.15, 0.2) is 16.9 Å². The van der Waals surface area contributed by atoms with Crippen molar-refractivity contribution >= 4 is 11.0 Å². The minimum Gasteiger partial charge on any atom is -0.508 e. The van der Waals surface area contributed by atoms with Gasteiger partial charge in [0.05, 0.1) is 6.61 Å². The average Bonchev–Trinajstić information content (AvgIpc) is 2.74. The summed E-state index contributed by atoms with van der Waals surface area (Å²) in [5.74, 6) is -1.30. The normalized spacial score (nSPS) is 25.7. The lowest BCUT2D eigenvalue weighted by Gasteiger charge is -2.39. The summed E-state index contributed by atoms with van der Waals surface area (Å²) in [5, 5.41) is 68.7. The topological polar surface area (TPSA) is 190 Å². The number of phenolic OH excluding ortho intramolecular Hbond substituents is 3. The summed E-state index contributed by atoms with van der Waals surface area (Å²) in [6.45, 7) is -0.637. The van der Waals surface area contributed by atoms with Crippen molar-refractivity contribution in [1.82, 2.24) is 0 Å². The van der Waals surface area contributed by atoms with E-state index >= 15 is 0 Å². The van der Waals surface area contributed by atoms with Gasteiger partial charge in [-0.2, -0.15) is 0 Å². The molecule has 0 unspecified atom stereocenters. The Bertz CT molecular complexity index is 1200. The van der Waals surface area contributed by atoms with E-state index in [1.807, 2.05) is 0 Å². The van der Waals surface area contributed by atoms with Crippen molar-refractivity contribution in [2.45, 2.75) is 30.7 Å². The highest BCUT2D eigenvalue weighted by Crippen LogP contribution is 2.35. The van der Waals surface area contributed by atoms with Gasteiger partial charge in [0.25, 0.3) is 0 Å². The fourth-order valence-electron chi connectivity index (χ4n) is 3.46. The Balaban J connectivity index is 1.64. The predicted octanol–water partition coefficient (Wildman–Crippen LogP) is -0.245. The van der Waals surface area contributed by atoms with Gasteiger partial charge in [-0.3, -0.25) is 4.79 Å². The number of hydrogen-bond donors (Lipinski definition) is 7. The van der Waals surface area contributed by atoms with Crippen LogP contribution in [0.2, 0.25) is 0 Å². The zero-order valence-corrected chi connectivity index (χ0v) is 16.3. The molecule has 5 atom stereocenters. The van der Waals surface area contributed by atoms with Gasteiger partial charge in [0.2, 0.25) is 6.29 Å². The van der Waals surface area contributed by atoms with Gasteiger partial charge in [-0.25, -0.2) is 0 Å². The molecule has 32 heavy (non-hydrogen) atoms. The van der Waals surface area contributed by atoms with Crippen LogP contribution >= 0.6 is 0 Å². The average molecular weight is 448 g/mol. The first-order valence-electron chi connectivity index (χ1n) is 9.50. The Labute approximate surface area is 179 Å². The van der Waals surface area contributed by atoms with Gasteiger partial charge in [0, 0.05) is 23.8 Å². The van der Waals surface area contributed by atoms with Crippen molar-refractivity contribution in [3.63, 3.8) is 0 Å². The minimum absolute atomic E-state index is 0.0298. The van der Waals surface area contributed by atoms with Crippen LogP contribution in [0.5, 0.6) is 23.0 Å². The summed E-state index contributed by atoms with van der Waals surface area (Å²) in [5.41, 5.74) is -0.378. The first kappa shape index (κ1) is 21.9. The predicted molar refractivity (Wildman–Crippen MR) is 107 cm³/mol. The molecule has 0 aliphatic carbocycles. The van der Waals surface area contributed by atoms with Crippen LogP contribution in [0.15, 0.2) is 45.6 Å². The van der Waals surface area contributed by atoms with Crippen LogP contribution in [-0.2, 0) is 4.74 Å². The Morgan fingerprint density at radius 1 is 0.906 bits per heavy atom. The van der Waals surface area contributed by atoms with Crippen LogP contribution in [0, 0.1) is 0 Å².